The number of anilines is 1. The minimum atomic E-state index is -0.480. The van der Waals surface area contributed by atoms with Gasteiger partial charge >= 0.3 is 0 Å². The molecule has 3 aromatic rings. The van der Waals surface area contributed by atoms with Crippen LogP contribution in [0.3, 0.4) is 0 Å². The Labute approximate surface area is 172 Å². The topological polar surface area (TPSA) is 58.2 Å². The lowest BCUT2D eigenvalue weighted by atomic mass is 10.1. The first-order chi connectivity index (χ1) is 13.5. The van der Waals surface area contributed by atoms with Gasteiger partial charge in [0, 0.05) is 21.3 Å². The van der Waals surface area contributed by atoms with E-state index in [0.29, 0.717) is 26.9 Å². The van der Waals surface area contributed by atoms with Crippen molar-refractivity contribution in [1.29, 1.82) is 0 Å². The zero-order valence-electron chi connectivity index (χ0n) is 14.7. The number of carbonyl (C=O) groups is 2. The smallest absolute Gasteiger partial charge is 0.272 e. The number of amides is 2. The van der Waals surface area contributed by atoms with E-state index in [1.54, 1.807) is 72.8 Å². The average molecular weight is 411 g/mol. The Hall–Kier alpha value is -3.08. The first-order valence-electron chi connectivity index (χ1n) is 8.42. The predicted molar refractivity (Wildman–Crippen MR) is 113 cm³/mol. The standard InChI is InChI=1S/C22H16Cl2N2O2/c23-17-10-12-18(13-11-17)25-22(28)20(14-16-8-4-5-9-19(16)24)26-21(27)15-6-2-1-3-7-15/h1-14H,(H,25,28)(H,26,27). The van der Waals surface area contributed by atoms with Crippen LogP contribution in [-0.2, 0) is 4.79 Å². The first-order valence-corrected chi connectivity index (χ1v) is 9.18. The van der Waals surface area contributed by atoms with Crippen molar-refractivity contribution in [1.82, 2.24) is 5.32 Å². The van der Waals surface area contributed by atoms with Gasteiger partial charge in [0.2, 0.25) is 0 Å². The van der Waals surface area contributed by atoms with E-state index in [2.05, 4.69) is 10.6 Å². The van der Waals surface area contributed by atoms with Gasteiger partial charge in [-0.05, 0) is 54.1 Å². The van der Waals surface area contributed by atoms with Gasteiger partial charge in [-0.3, -0.25) is 9.59 Å². The Kier molecular flexibility index (Phi) is 6.48. The molecule has 0 radical (unpaired) electrons. The normalized spacial score (nSPS) is 11.0. The largest absolute Gasteiger partial charge is 0.321 e. The van der Waals surface area contributed by atoms with E-state index in [1.807, 2.05) is 6.07 Å². The molecule has 2 amide bonds. The summed E-state index contributed by atoms with van der Waals surface area (Å²) >= 11 is 12.1. The fraction of sp³-hybridized carbons (Fsp3) is 0. The van der Waals surface area contributed by atoms with Crippen molar-refractivity contribution < 1.29 is 9.59 Å². The van der Waals surface area contributed by atoms with Crippen molar-refractivity contribution in [2.24, 2.45) is 0 Å². The van der Waals surface area contributed by atoms with Crippen LogP contribution in [0.2, 0.25) is 10.0 Å². The molecule has 3 rings (SSSR count). The summed E-state index contributed by atoms with van der Waals surface area (Å²) in [6.45, 7) is 0. The van der Waals surface area contributed by atoms with Crippen molar-refractivity contribution in [2.75, 3.05) is 5.32 Å². The Balaban J connectivity index is 1.89. The molecule has 0 bridgehead atoms. The number of halogens is 2. The highest BCUT2D eigenvalue weighted by atomic mass is 35.5. The van der Waals surface area contributed by atoms with Gasteiger partial charge in [-0.2, -0.15) is 0 Å². The lowest BCUT2D eigenvalue weighted by molar-refractivity contribution is -0.113. The van der Waals surface area contributed by atoms with Crippen LogP contribution in [0.1, 0.15) is 15.9 Å². The van der Waals surface area contributed by atoms with E-state index < -0.39 is 11.8 Å². The fourth-order valence-electron chi connectivity index (χ4n) is 2.42. The number of rotatable bonds is 5. The lowest BCUT2D eigenvalue weighted by Gasteiger charge is -2.12. The number of hydrogen-bond acceptors (Lipinski definition) is 2. The van der Waals surface area contributed by atoms with Gasteiger partial charge in [0.25, 0.3) is 11.8 Å². The third-order valence-corrected chi connectivity index (χ3v) is 4.43. The van der Waals surface area contributed by atoms with Gasteiger partial charge in [-0.15, -0.1) is 0 Å². The van der Waals surface area contributed by atoms with Crippen LogP contribution < -0.4 is 10.6 Å². The molecular weight excluding hydrogens is 395 g/mol. The summed E-state index contributed by atoms with van der Waals surface area (Å²) in [4.78, 5) is 25.4. The maximum atomic E-state index is 12.8. The van der Waals surface area contributed by atoms with E-state index in [0.717, 1.165) is 0 Å². The molecular formula is C22H16Cl2N2O2. The van der Waals surface area contributed by atoms with Crippen LogP contribution >= 0.6 is 23.2 Å². The Bertz CT molecular complexity index is 1020. The third kappa shape index (κ3) is 5.22. The van der Waals surface area contributed by atoms with Gasteiger partial charge in [0.05, 0.1) is 0 Å². The monoisotopic (exact) mass is 410 g/mol. The molecule has 0 aliphatic rings. The van der Waals surface area contributed by atoms with E-state index in [-0.39, 0.29) is 5.70 Å². The molecule has 0 spiro atoms. The van der Waals surface area contributed by atoms with Crippen molar-refractivity contribution in [2.45, 2.75) is 0 Å². The molecule has 0 unspecified atom stereocenters. The second kappa shape index (κ2) is 9.22. The second-order valence-corrected chi connectivity index (χ2v) is 6.70. The summed E-state index contributed by atoms with van der Waals surface area (Å²) in [6.07, 6.45) is 1.54. The molecule has 140 valence electrons. The minimum absolute atomic E-state index is 0.0666. The van der Waals surface area contributed by atoms with Gasteiger partial charge < -0.3 is 10.6 Å². The van der Waals surface area contributed by atoms with Crippen LogP contribution in [0.25, 0.3) is 6.08 Å². The van der Waals surface area contributed by atoms with Gasteiger partial charge in [-0.25, -0.2) is 0 Å². The van der Waals surface area contributed by atoms with Crippen molar-refractivity contribution in [3.63, 3.8) is 0 Å². The quantitative estimate of drug-likeness (QED) is 0.552. The molecule has 0 saturated carbocycles. The molecule has 28 heavy (non-hydrogen) atoms. The van der Waals surface area contributed by atoms with Crippen LogP contribution in [0.4, 0.5) is 5.69 Å². The molecule has 0 heterocycles. The summed E-state index contributed by atoms with van der Waals surface area (Å²) in [6, 6.07) is 22.4. The zero-order chi connectivity index (χ0) is 19.9. The number of hydrogen-bond donors (Lipinski definition) is 2. The summed E-state index contributed by atoms with van der Waals surface area (Å²) in [5.74, 6) is -0.878. The third-order valence-electron chi connectivity index (χ3n) is 3.84. The maximum absolute atomic E-state index is 12.8. The minimum Gasteiger partial charge on any atom is -0.321 e. The fourth-order valence-corrected chi connectivity index (χ4v) is 2.74. The molecule has 0 aliphatic carbocycles. The van der Waals surface area contributed by atoms with Gasteiger partial charge in [0.1, 0.15) is 5.70 Å². The van der Waals surface area contributed by atoms with Crippen molar-refractivity contribution >= 4 is 46.8 Å². The zero-order valence-corrected chi connectivity index (χ0v) is 16.2. The highest BCUT2D eigenvalue weighted by molar-refractivity contribution is 6.32. The maximum Gasteiger partial charge on any atom is 0.272 e. The summed E-state index contributed by atoms with van der Waals surface area (Å²) < 4.78 is 0. The average Bonchev–Trinajstić information content (AvgIpc) is 2.71. The second-order valence-electron chi connectivity index (χ2n) is 5.86. The molecule has 0 atom stereocenters. The Morgan fingerprint density at radius 1 is 0.786 bits per heavy atom. The van der Waals surface area contributed by atoms with Gasteiger partial charge in [-0.1, -0.05) is 59.6 Å². The van der Waals surface area contributed by atoms with Crippen LogP contribution in [0.5, 0.6) is 0 Å². The SMILES string of the molecule is O=C(Nc1ccc(Cl)cc1)C(=Cc1ccccc1Cl)NC(=O)c1ccccc1. The molecule has 0 aliphatic heterocycles. The lowest BCUT2D eigenvalue weighted by Crippen LogP contribution is -2.30. The Morgan fingerprint density at radius 2 is 1.43 bits per heavy atom. The van der Waals surface area contributed by atoms with E-state index >= 15 is 0 Å². The molecule has 0 saturated heterocycles. The Morgan fingerprint density at radius 3 is 2.11 bits per heavy atom. The van der Waals surface area contributed by atoms with Crippen LogP contribution in [-0.4, -0.2) is 11.8 Å². The van der Waals surface area contributed by atoms with Crippen LogP contribution in [0.15, 0.2) is 84.6 Å². The van der Waals surface area contributed by atoms with E-state index in [9.17, 15) is 9.59 Å². The summed E-state index contributed by atoms with van der Waals surface area (Å²) in [5.41, 5.74) is 1.66. The number of benzene rings is 3. The summed E-state index contributed by atoms with van der Waals surface area (Å²) in [5, 5.41) is 6.43. The molecule has 0 fully saturated rings. The molecule has 4 nitrogen and oxygen atoms in total. The van der Waals surface area contributed by atoms with E-state index in [4.69, 9.17) is 23.2 Å². The molecule has 3 aromatic carbocycles. The van der Waals surface area contributed by atoms with Crippen LogP contribution in [0, 0.1) is 0 Å². The highest BCUT2D eigenvalue weighted by Crippen LogP contribution is 2.19. The van der Waals surface area contributed by atoms with Crippen molar-refractivity contribution in [3.05, 3.63) is 106 Å². The van der Waals surface area contributed by atoms with Crippen molar-refractivity contribution in [3.8, 4) is 0 Å². The molecule has 6 heteroatoms. The van der Waals surface area contributed by atoms with E-state index in [1.165, 1.54) is 6.08 Å². The number of nitrogens with one attached hydrogen (secondary N) is 2. The predicted octanol–water partition coefficient (Wildman–Crippen LogP) is 5.40. The van der Waals surface area contributed by atoms with Gasteiger partial charge in [0.15, 0.2) is 0 Å². The molecule has 2 N–H and O–H groups in total. The summed E-state index contributed by atoms with van der Waals surface area (Å²) in [7, 11) is 0. The molecule has 0 aromatic heterocycles. The first kappa shape index (κ1) is 19.7. The number of carbonyl (C=O) groups excluding carboxylic acids is 2. The highest BCUT2D eigenvalue weighted by Gasteiger charge is 2.15.